The van der Waals surface area contributed by atoms with Crippen molar-refractivity contribution in [2.24, 2.45) is 11.7 Å². The minimum absolute atomic E-state index is 0.108. The molecule has 3 amide bonds. The van der Waals surface area contributed by atoms with Crippen LogP contribution in [-0.2, 0) is 6.54 Å². The van der Waals surface area contributed by atoms with E-state index in [4.69, 9.17) is 5.73 Å². The van der Waals surface area contributed by atoms with Gasteiger partial charge in [-0.25, -0.2) is 4.79 Å². The van der Waals surface area contributed by atoms with Gasteiger partial charge in [-0.2, -0.15) is 0 Å². The maximum atomic E-state index is 11.6. The van der Waals surface area contributed by atoms with E-state index in [2.05, 4.69) is 10.6 Å². The Labute approximate surface area is 113 Å². The van der Waals surface area contributed by atoms with Crippen molar-refractivity contribution in [3.63, 3.8) is 0 Å². The average Bonchev–Trinajstić information content (AvgIpc) is 2.36. The Morgan fingerprint density at radius 1 is 1.26 bits per heavy atom. The average molecular weight is 263 g/mol. The summed E-state index contributed by atoms with van der Waals surface area (Å²) in [5.41, 5.74) is 6.48. The highest BCUT2D eigenvalue weighted by molar-refractivity contribution is 5.92. The third-order valence-electron chi connectivity index (χ3n) is 3.02. The van der Waals surface area contributed by atoms with Gasteiger partial charge >= 0.3 is 6.03 Å². The van der Waals surface area contributed by atoms with Gasteiger partial charge in [0.2, 0.25) is 5.91 Å². The highest BCUT2D eigenvalue weighted by Crippen LogP contribution is 2.04. The quantitative estimate of drug-likeness (QED) is 0.754. The first-order chi connectivity index (χ1) is 8.90. The number of hydrogen-bond donors (Lipinski definition) is 3. The van der Waals surface area contributed by atoms with Crippen molar-refractivity contribution in [2.45, 2.75) is 33.4 Å². The SMILES string of the molecule is CC(C)C(C)NC(=O)NCc1cccc(C(N)=O)c1. The van der Waals surface area contributed by atoms with Gasteiger partial charge in [0.1, 0.15) is 0 Å². The van der Waals surface area contributed by atoms with E-state index in [1.165, 1.54) is 0 Å². The van der Waals surface area contributed by atoms with Crippen LogP contribution in [-0.4, -0.2) is 18.0 Å². The Kier molecular flexibility index (Phi) is 5.36. The van der Waals surface area contributed by atoms with Crippen LogP contribution in [0.4, 0.5) is 4.79 Å². The number of benzene rings is 1. The van der Waals surface area contributed by atoms with Crippen molar-refractivity contribution in [3.05, 3.63) is 35.4 Å². The number of hydrogen-bond acceptors (Lipinski definition) is 2. The summed E-state index contributed by atoms with van der Waals surface area (Å²) in [7, 11) is 0. The Morgan fingerprint density at radius 2 is 1.95 bits per heavy atom. The predicted molar refractivity (Wildman–Crippen MR) is 74.6 cm³/mol. The van der Waals surface area contributed by atoms with E-state index < -0.39 is 5.91 Å². The Morgan fingerprint density at radius 3 is 2.53 bits per heavy atom. The number of urea groups is 1. The zero-order chi connectivity index (χ0) is 14.4. The molecule has 104 valence electrons. The van der Waals surface area contributed by atoms with E-state index in [1.807, 2.05) is 26.8 Å². The smallest absolute Gasteiger partial charge is 0.315 e. The van der Waals surface area contributed by atoms with Crippen molar-refractivity contribution < 1.29 is 9.59 Å². The molecule has 0 saturated heterocycles. The molecule has 0 aliphatic heterocycles. The second-order valence-corrected chi connectivity index (χ2v) is 4.92. The monoisotopic (exact) mass is 263 g/mol. The molecule has 1 unspecified atom stereocenters. The normalized spacial score (nSPS) is 12.0. The lowest BCUT2D eigenvalue weighted by molar-refractivity contribution is 0.1000. The fraction of sp³-hybridized carbons (Fsp3) is 0.429. The summed E-state index contributed by atoms with van der Waals surface area (Å²) in [5.74, 6) is -0.0938. The van der Waals surface area contributed by atoms with Crippen LogP contribution in [0.3, 0.4) is 0 Å². The van der Waals surface area contributed by atoms with Crippen molar-refractivity contribution in [1.82, 2.24) is 10.6 Å². The molecule has 0 saturated carbocycles. The van der Waals surface area contributed by atoms with Gasteiger partial charge in [0.05, 0.1) is 0 Å². The van der Waals surface area contributed by atoms with E-state index in [9.17, 15) is 9.59 Å². The topological polar surface area (TPSA) is 84.2 Å². The Hall–Kier alpha value is -2.04. The molecule has 0 aliphatic rings. The van der Waals surface area contributed by atoms with Gasteiger partial charge in [-0.3, -0.25) is 4.79 Å². The molecule has 4 N–H and O–H groups in total. The van der Waals surface area contributed by atoms with Crippen LogP contribution in [0.15, 0.2) is 24.3 Å². The number of carbonyl (C=O) groups excluding carboxylic acids is 2. The number of nitrogens with two attached hydrogens (primary N) is 1. The van der Waals surface area contributed by atoms with Crippen molar-refractivity contribution in [2.75, 3.05) is 0 Å². The summed E-state index contributed by atoms with van der Waals surface area (Å²) in [5, 5.41) is 5.59. The molecule has 5 heteroatoms. The minimum Gasteiger partial charge on any atom is -0.366 e. The molecule has 0 radical (unpaired) electrons. The highest BCUT2D eigenvalue weighted by Gasteiger charge is 2.10. The molecule has 1 aromatic carbocycles. The molecular weight excluding hydrogens is 242 g/mol. The zero-order valence-electron chi connectivity index (χ0n) is 11.6. The fourth-order valence-corrected chi connectivity index (χ4v) is 1.44. The lowest BCUT2D eigenvalue weighted by Crippen LogP contribution is -2.42. The largest absolute Gasteiger partial charge is 0.366 e. The molecule has 5 nitrogen and oxygen atoms in total. The lowest BCUT2D eigenvalue weighted by Gasteiger charge is -2.17. The van der Waals surface area contributed by atoms with Crippen molar-refractivity contribution >= 4 is 11.9 Å². The second-order valence-electron chi connectivity index (χ2n) is 4.92. The number of nitrogens with one attached hydrogen (secondary N) is 2. The van der Waals surface area contributed by atoms with Gasteiger partial charge in [-0.05, 0) is 30.5 Å². The molecule has 1 aromatic rings. The van der Waals surface area contributed by atoms with Crippen molar-refractivity contribution in [1.29, 1.82) is 0 Å². The first-order valence-corrected chi connectivity index (χ1v) is 6.33. The lowest BCUT2D eigenvalue weighted by atomic mass is 10.1. The molecule has 0 aliphatic carbocycles. The molecule has 0 aromatic heterocycles. The number of primary amides is 1. The molecule has 19 heavy (non-hydrogen) atoms. The van der Waals surface area contributed by atoms with Crippen LogP contribution >= 0.6 is 0 Å². The Balaban J connectivity index is 2.50. The summed E-state index contributed by atoms with van der Waals surface area (Å²) < 4.78 is 0. The highest BCUT2D eigenvalue weighted by atomic mass is 16.2. The van der Waals surface area contributed by atoms with Gasteiger partial charge in [0, 0.05) is 18.2 Å². The van der Waals surface area contributed by atoms with Crippen LogP contribution in [0.1, 0.15) is 36.7 Å². The van der Waals surface area contributed by atoms with Crippen LogP contribution < -0.4 is 16.4 Å². The maximum Gasteiger partial charge on any atom is 0.315 e. The number of carbonyl (C=O) groups is 2. The summed E-state index contributed by atoms with van der Waals surface area (Å²) in [6.07, 6.45) is 0. The van der Waals surface area contributed by atoms with Crippen LogP contribution in [0.5, 0.6) is 0 Å². The zero-order valence-corrected chi connectivity index (χ0v) is 11.6. The van der Waals surface area contributed by atoms with Gasteiger partial charge < -0.3 is 16.4 Å². The Bertz CT molecular complexity index is 458. The first-order valence-electron chi connectivity index (χ1n) is 6.33. The summed E-state index contributed by atoms with van der Waals surface area (Å²) in [4.78, 5) is 22.7. The number of rotatable bonds is 5. The molecule has 0 heterocycles. The first kappa shape index (κ1) is 15.0. The van der Waals surface area contributed by atoms with Gasteiger partial charge in [0.15, 0.2) is 0 Å². The second kappa shape index (κ2) is 6.78. The molecule has 1 rings (SSSR count). The van der Waals surface area contributed by atoms with E-state index in [-0.39, 0.29) is 12.1 Å². The maximum absolute atomic E-state index is 11.6. The summed E-state index contributed by atoms with van der Waals surface area (Å²) in [6.45, 7) is 6.40. The van der Waals surface area contributed by atoms with Gasteiger partial charge in [0.25, 0.3) is 0 Å². The van der Waals surface area contributed by atoms with Crippen LogP contribution in [0.25, 0.3) is 0 Å². The summed E-state index contributed by atoms with van der Waals surface area (Å²) in [6, 6.07) is 6.79. The van der Waals surface area contributed by atoms with Crippen LogP contribution in [0, 0.1) is 5.92 Å². The van der Waals surface area contributed by atoms with Gasteiger partial charge in [-0.15, -0.1) is 0 Å². The van der Waals surface area contributed by atoms with E-state index in [0.29, 0.717) is 18.0 Å². The number of amides is 3. The molecule has 0 fully saturated rings. The fourth-order valence-electron chi connectivity index (χ4n) is 1.44. The predicted octanol–water partition coefficient (Wildman–Crippen LogP) is 1.63. The van der Waals surface area contributed by atoms with E-state index >= 15 is 0 Å². The molecule has 0 spiro atoms. The third-order valence-corrected chi connectivity index (χ3v) is 3.02. The standard InChI is InChI=1S/C14H21N3O2/c1-9(2)10(3)17-14(19)16-8-11-5-4-6-12(7-11)13(15)18/h4-7,9-10H,8H2,1-3H3,(H2,15,18)(H2,16,17,19). The third kappa shape index (κ3) is 4.99. The molecule has 1 atom stereocenters. The molecular formula is C14H21N3O2. The van der Waals surface area contributed by atoms with Crippen molar-refractivity contribution in [3.8, 4) is 0 Å². The summed E-state index contributed by atoms with van der Waals surface area (Å²) >= 11 is 0. The van der Waals surface area contributed by atoms with Gasteiger partial charge in [-0.1, -0.05) is 26.0 Å². The minimum atomic E-state index is -0.472. The van der Waals surface area contributed by atoms with E-state index in [1.54, 1.807) is 18.2 Å². The van der Waals surface area contributed by atoms with E-state index in [0.717, 1.165) is 5.56 Å². The van der Waals surface area contributed by atoms with Crippen LogP contribution in [0.2, 0.25) is 0 Å². The molecule has 0 bridgehead atoms.